The Bertz CT molecular complexity index is 1140. The normalized spacial score (nSPS) is 12.0. The summed E-state index contributed by atoms with van der Waals surface area (Å²) in [5.41, 5.74) is -0.425. The SMILES string of the molecule is CCOc1cc([C@@H](CS(C)(=O)=O)NC(=O)c2cccc(NC(C)=O)c2C(=O)O)ccc1O. The standard InChI is InChI=1S/C21H24N2O8S/c1-4-31-18-10-13(8-9-17(18)25)16(11-32(3,29)30)23-20(26)14-6-5-7-15(22-12(2)24)19(14)21(27)28/h5-10,16,25H,4,11H2,1-3H3,(H,22,24)(H,23,26)(H,27,28)/t16-/m1/s1. The molecule has 4 N–H and O–H groups in total. The lowest BCUT2D eigenvalue weighted by Gasteiger charge is -2.21. The Balaban J connectivity index is 2.49. The van der Waals surface area contributed by atoms with Crippen LogP contribution in [0.1, 0.15) is 46.2 Å². The fourth-order valence-corrected chi connectivity index (χ4v) is 3.93. The molecule has 0 radical (unpaired) electrons. The van der Waals surface area contributed by atoms with Crippen molar-refractivity contribution < 1.29 is 37.8 Å². The fourth-order valence-electron chi connectivity index (χ4n) is 3.04. The van der Waals surface area contributed by atoms with E-state index in [9.17, 15) is 33.0 Å². The molecule has 0 aromatic heterocycles. The van der Waals surface area contributed by atoms with Crippen molar-refractivity contribution in [3.05, 3.63) is 53.1 Å². The van der Waals surface area contributed by atoms with Gasteiger partial charge < -0.3 is 25.6 Å². The molecule has 2 rings (SSSR count). The Hall–Kier alpha value is -3.60. The van der Waals surface area contributed by atoms with Gasteiger partial charge >= 0.3 is 5.97 Å². The number of phenols is 1. The van der Waals surface area contributed by atoms with Crippen molar-refractivity contribution in [2.24, 2.45) is 0 Å². The molecule has 11 heteroatoms. The summed E-state index contributed by atoms with van der Waals surface area (Å²) < 4.78 is 29.3. The van der Waals surface area contributed by atoms with Gasteiger partial charge in [0.05, 0.1) is 35.2 Å². The zero-order valence-electron chi connectivity index (χ0n) is 17.7. The van der Waals surface area contributed by atoms with E-state index in [0.717, 1.165) is 6.26 Å². The quantitative estimate of drug-likeness (QED) is 0.438. The molecule has 32 heavy (non-hydrogen) atoms. The molecule has 0 heterocycles. The van der Waals surface area contributed by atoms with Crippen molar-refractivity contribution in [2.75, 3.05) is 23.9 Å². The highest BCUT2D eigenvalue weighted by atomic mass is 32.2. The molecule has 0 aliphatic carbocycles. The molecule has 0 bridgehead atoms. The number of carbonyl (C=O) groups is 3. The average Bonchev–Trinajstić information content (AvgIpc) is 2.67. The molecular weight excluding hydrogens is 440 g/mol. The predicted octanol–water partition coefficient (Wildman–Crippen LogP) is 1.96. The topological polar surface area (TPSA) is 159 Å². The molecule has 0 aliphatic heterocycles. The van der Waals surface area contributed by atoms with Crippen LogP contribution in [0.5, 0.6) is 11.5 Å². The van der Waals surface area contributed by atoms with Gasteiger partial charge in [0.2, 0.25) is 5.91 Å². The lowest BCUT2D eigenvalue weighted by Crippen LogP contribution is -2.34. The molecule has 2 aromatic carbocycles. The second-order valence-electron chi connectivity index (χ2n) is 6.99. The van der Waals surface area contributed by atoms with Crippen LogP contribution in [-0.4, -0.2) is 55.0 Å². The number of hydrogen-bond acceptors (Lipinski definition) is 7. The molecule has 0 saturated carbocycles. The first-order valence-electron chi connectivity index (χ1n) is 9.51. The van der Waals surface area contributed by atoms with Crippen molar-refractivity contribution in [1.29, 1.82) is 0 Å². The molecule has 0 fully saturated rings. The first kappa shape index (κ1) is 24.7. The molecule has 172 valence electrons. The number of phenolic OH excluding ortho intramolecular Hbond substituents is 1. The highest BCUT2D eigenvalue weighted by Crippen LogP contribution is 2.30. The molecular formula is C21H24N2O8S. The van der Waals surface area contributed by atoms with Crippen LogP contribution in [0, 0.1) is 0 Å². The fraction of sp³-hybridized carbons (Fsp3) is 0.286. The van der Waals surface area contributed by atoms with Crippen LogP contribution in [0.3, 0.4) is 0 Å². The second-order valence-corrected chi connectivity index (χ2v) is 9.18. The van der Waals surface area contributed by atoms with Crippen molar-refractivity contribution in [1.82, 2.24) is 5.32 Å². The van der Waals surface area contributed by atoms with Gasteiger partial charge in [-0.3, -0.25) is 9.59 Å². The molecule has 2 aromatic rings. The van der Waals surface area contributed by atoms with Crippen molar-refractivity contribution >= 4 is 33.3 Å². The van der Waals surface area contributed by atoms with E-state index in [-0.39, 0.29) is 29.4 Å². The van der Waals surface area contributed by atoms with E-state index in [1.165, 1.54) is 43.3 Å². The van der Waals surface area contributed by atoms with Gasteiger partial charge in [-0.2, -0.15) is 0 Å². The third-order valence-electron chi connectivity index (χ3n) is 4.29. The van der Waals surface area contributed by atoms with Crippen LogP contribution in [0.15, 0.2) is 36.4 Å². The lowest BCUT2D eigenvalue weighted by atomic mass is 10.0. The third kappa shape index (κ3) is 6.45. The van der Waals surface area contributed by atoms with E-state index < -0.39 is 45.0 Å². The number of carboxylic acid groups (broad SMARTS) is 1. The second kappa shape index (κ2) is 10.1. The monoisotopic (exact) mass is 464 g/mol. The summed E-state index contributed by atoms with van der Waals surface area (Å²) in [6.07, 6.45) is 0.996. The van der Waals surface area contributed by atoms with Gasteiger partial charge in [-0.1, -0.05) is 12.1 Å². The smallest absolute Gasteiger partial charge is 0.338 e. The van der Waals surface area contributed by atoms with Crippen LogP contribution < -0.4 is 15.4 Å². The van der Waals surface area contributed by atoms with Crippen LogP contribution in [-0.2, 0) is 14.6 Å². The Morgan fingerprint density at radius 2 is 1.84 bits per heavy atom. The number of sulfone groups is 1. The lowest BCUT2D eigenvalue weighted by molar-refractivity contribution is -0.114. The third-order valence-corrected chi connectivity index (χ3v) is 5.23. The van der Waals surface area contributed by atoms with Crippen molar-refractivity contribution in [3.63, 3.8) is 0 Å². The zero-order valence-corrected chi connectivity index (χ0v) is 18.5. The summed E-state index contributed by atoms with van der Waals surface area (Å²) in [5.74, 6) is -3.35. The summed E-state index contributed by atoms with van der Waals surface area (Å²) in [6.45, 7) is 3.15. The van der Waals surface area contributed by atoms with Crippen molar-refractivity contribution in [3.8, 4) is 11.5 Å². The van der Waals surface area contributed by atoms with Crippen LogP contribution in [0.2, 0.25) is 0 Å². The van der Waals surface area contributed by atoms with E-state index in [1.807, 2.05) is 0 Å². The van der Waals surface area contributed by atoms with E-state index >= 15 is 0 Å². The highest BCUT2D eigenvalue weighted by Gasteiger charge is 2.26. The summed E-state index contributed by atoms with van der Waals surface area (Å²) >= 11 is 0. The van der Waals surface area contributed by atoms with Gasteiger partial charge in [-0.25, -0.2) is 13.2 Å². The van der Waals surface area contributed by atoms with Crippen LogP contribution >= 0.6 is 0 Å². The Kier molecular flexibility index (Phi) is 7.82. The van der Waals surface area contributed by atoms with E-state index in [0.29, 0.717) is 5.56 Å². The summed E-state index contributed by atoms with van der Waals surface area (Å²) in [5, 5.41) is 24.4. The number of nitrogens with one attached hydrogen (secondary N) is 2. The minimum absolute atomic E-state index is 0.0689. The summed E-state index contributed by atoms with van der Waals surface area (Å²) in [4.78, 5) is 36.2. The van der Waals surface area contributed by atoms with Crippen molar-refractivity contribution in [2.45, 2.75) is 19.9 Å². The minimum Gasteiger partial charge on any atom is -0.504 e. The molecule has 2 amide bonds. The van der Waals surface area contributed by atoms with E-state index in [4.69, 9.17) is 4.74 Å². The number of aromatic carboxylic acids is 1. The number of benzene rings is 2. The number of hydrogen-bond donors (Lipinski definition) is 4. The highest BCUT2D eigenvalue weighted by molar-refractivity contribution is 7.90. The van der Waals surface area contributed by atoms with Gasteiger partial charge in [-0.15, -0.1) is 0 Å². The maximum atomic E-state index is 13.0. The molecule has 0 unspecified atom stereocenters. The largest absolute Gasteiger partial charge is 0.504 e. The van der Waals surface area contributed by atoms with Gasteiger partial charge in [0.1, 0.15) is 9.84 Å². The maximum absolute atomic E-state index is 13.0. The number of ether oxygens (including phenoxy) is 1. The number of aromatic hydroxyl groups is 1. The number of anilines is 1. The zero-order chi connectivity index (χ0) is 24.1. The molecule has 10 nitrogen and oxygen atoms in total. The Labute approximate surface area is 185 Å². The van der Waals surface area contributed by atoms with Crippen LogP contribution in [0.4, 0.5) is 5.69 Å². The first-order chi connectivity index (χ1) is 14.9. The summed E-state index contributed by atoms with van der Waals surface area (Å²) in [6, 6.07) is 7.06. The maximum Gasteiger partial charge on any atom is 0.338 e. The van der Waals surface area contributed by atoms with E-state index in [1.54, 1.807) is 6.92 Å². The Morgan fingerprint density at radius 1 is 1.16 bits per heavy atom. The van der Waals surface area contributed by atoms with Crippen LogP contribution in [0.25, 0.3) is 0 Å². The number of carboxylic acids is 1. The van der Waals surface area contributed by atoms with E-state index in [2.05, 4.69) is 10.6 Å². The van der Waals surface area contributed by atoms with Gasteiger partial charge in [-0.05, 0) is 36.8 Å². The van der Waals surface area contributed by atoms with Gasteiger partial charge in [0, 0.05) is 13.2 Å². The first-order valence-corrected chi connectivity index (χ1v) is 11.6. The molecule has 0 spiro atoms. The van der Waals surface area contributed by atoms with Gasteiger partial charge in [0.15, 0.2) is 11.5 Å². The molecule has 0 saturated heterocycles. The Morgan fingerprint density at radius 3 is 2.41 bits per heavy atom. The number of amides is 2. The molecule has 1 atom stereocenters. The minimum atomic E-state index is -3.58. The average molecular weight is 464 g/mol. The molecule has 0 aliphatic rings. The summed E-state index contributed by atoms with van der Waals surface area (Å²) in [7, 11) is -3.58. The predicted molar refractivity (Wildman–Crippen MR) is 117 cm³/mol. The number of rotatable bonds is 9. The van der Waals surface area contributed by atoms with Gasteiger partial charge in [0.25, 0.3) is 5.91 Å². The number of carbonyl (C=O) groups excluding carboxylic acids is 2.